The number of piperazine rings is 1. The van der Waals surface area contributed by atoms with Crippen LogP contribution in [0.5, 0.6) is 0 Å². The molecule has 6 rings (SSSR count). The first-order valence-electron chi connectivity index (χ1n) is 16.0. The Balaban J connectivity index is 1.29. The minimum absolute atomic E-state index is 0.0413. The number of para-hydroxylation sites is 2. The van der Waals surface area contributed by atoms with Gasteiger partial charge in [-0.05, 0) is 75.2 Å². The average Bonchev–Trinajstić information content (AvgIpc) is 3.44. The van der Waals surface area contributed by atoms with E-state index >= 15 is 0 Å². The average molecular weight is 650 g/mol. The highest BCUT2D eigenvalue weighted by Gasteiger charge is 2.27. The van der Waals surface area contributed by atoms with Crippen molar-refractivity contribution in [3.63, 3.8) is 0 Å². The highest BCUT2D eigenvalue weighted by molar-refractivity contribution is 7.86. The lowest BCUT2D eigenvalue weighted by Crippen LogP contribution is -2.49. The van der Waals surface area contributed by atoms with Crippen LogP contribution in [-0.4, -0.2) is 60.3 Å². The maximum absolute atomic E-state index is 14.6. The lowest BCUT2D eigenvalue weighted by atomic mass is 10.1. The van der Waals surface area contributed by atoms with Gasteiger partial charge in [0.1, 0.15) is 5.58 Å². The fourth-order valence-electron chi connectivity index (χ4n) is 5.97. The van der Waals surface area contributed by atoms with Gasteiger partial charge in [0.2, 0.25) is 5.76 Å². The Hall–Kier alpha value is -4.89. The maximum atomic E-state index is 14.6. The van der Waals surface area contributed by atoms with Crippen molar-refractivity contribution >= 4 is 45.2 Å². The smallest absolute Gasteiger partial charge is 0.374 e. The van der Waals surface area contributed by atoms with Gasteiger partial charge in [0.05, 0.1) is 22.9 Å². The van der Waals surface area contributed by atoms with Gasteiger partial charge in [0.25, 0.3) is 5.91 Å². The molecule has 0 radical (unpaired) electrons. The van der Waals surface area contributed by atoms with Crippen LogP contribution >= 0.6 is 0 Å². The van der Waals surface area contributed by atoms with Crippen LogP contribution in [0.25, 0.3) is 11.0 Å². The molecule has 0 aliphatic carbocycles. The summed E-state index contributed by atoms with van der Waals surface area (Å²) in [6, 6.07) is 31.3. The number of esters is 1. The van der Waals surface area contributed by atoms with Crippen molar-refractivity contribution in [3.05, 3.63) is 125 Å². The number of amides is 1. The summed E-state index contributed by atoms with van der Waals surface area (Å²) in [5, 5.41) is 0.726. The van der Waals surface area contributed by atoms with Gasteiger partial charge in [0.15, 0.2) is 11.0 Å². The third-order valence-electron chi connectivity index (χ3n) is 8.57. The number of ether oxygens (including phenoxy) is 1. The van der Waals surface area contributed by atoms with E-state index in [2.05, 4.69) is 23.1 Å². The van der Waals surface area contributed by atoms with Gasteiger partial charge in [-0.3, -0.25) is 9.10 Å². The quantitative estimate of drug-likeness (QED) is 0.152. The normalized spacial score (nSPS) is 13.9. The van der Waals surface area contributed by atoms with E-state index in [0.717, 1.165) is 27.9 Å². The van der Waals surface area contributed by atoms with E-state index < -0.39 is 17.0 Å². The molecule has 0 N–H and O–H groups in total. The van der Waals surface area contributed by atoms with Gasteiger partial charge >= 0.3 is 5.97 Å². The molecule has 1 aliphatic heterocycles. The first-order valence-corrected chi connectivity index (χ1v) is 17.1. The number of fused-ring (bicyclic) bond motifs is 1. The zero-order valence-corrected chi connectivity index (χ0v) is 27.8. The Morgan fingerprint density at radius 3 is 2.30 bits per heavy atom. The molecule has 1 aliphatic rings. The minimum atomic E-state index is -1.59. The Labute approximate surface area is 278 Å². The molecule has 0 spiro atoms. The largest absolute Gasteiger partial charge is 0.460 e. The van der Waals surface area contributed by atoms with Crippen molar-refractivity contribution in [2.45, 2.75) is 32.1 Å². The molecular formula is C38H39N3O5S. The zero-order chi connectivity index (χ0) is 32.9. The maximum Gasteiger partial charge on any atom is 0.374 e. The van der Waals surface area contributed by atoms with Gasteiger partial charge in [0, 0.05) is 49.2 Å². The van der Waals surface area contributed by atoms with Crippen LogP contribution in [0.3, 0.4) is 0 Å². The van der Waals surface area contributed by atoms with Crippen molar-refractivity contribution in [2.75, 3.05) is 48.5 Å². The van der Waals surface area contributed by atoms with Crippen LogP contribution in [0, 0.1) is 13.8 Å². The second kappa shape index (κ2) is 14.3. The Morgan fingerprint density at radius 2 is 1.57 bits per heavy atom. The first kappa shape index (κ1) is 32.1. The monoisotopic (exact) mass is 649 g/mol. The molecule has 1 amide bonds. The number of rotatable bonds is 10. The highest BCUT2D eigenvalue weighted by Crippen LogP contribution is 2.35. The number of carbonyl (C=O) groups excluding carboxylic acids is 2. The Bertz CT molecular complexity index is 1900. The first-order chi connectivity index (χ1) is 22.8. The van der Waals surface area contributed by atoms with E-state index in [0.29, 0.717) is 60.8 Å². The van der Waals surface area contributed by atoms with Crippen molar-refractivity contribution in [3.8, 4) is 0 Å². The van der Waals surface area contributed by atoms with Crippen LogP contribution in [-0.2, 0) is 22.1 Å². The van der Waals surface area contributed by atoms with Crippen molar-refractivity contribution in [1.82, 2.24) is 4.90 Å². The summed E-state index contributed by atoms with van der Waals surface area (Å²) < 4.78 is 27.5. The number of aryl methyl sites for hydroxylation is 2. The van der Waals surface area contributed by atoms with Crippen LogP contribution < -0.4 is 9.21 Å². The van der Waals surface area contributed by atoms with Crippen LogP contribution in [0.2, 0.25) is 0 Å². The van der Waals surface area contributed by atoms with Gasteiger partial charge in [-0.25, -0.2) is 9.00 Å². The molecule has 8 nitrogen and oxygen atoms in total. The molecule has 242 valence electrons. The Kier molecular flexibility index (Phi) is 9.73. The molecule has 0 bridgehead atoms. The van der Waals surface area contributed by atoms with Crippen molar-refractivity contribution < 1.29 is 23.0 Å². The van der Waals surface area contributed by atoms with Gasteiger partial charge < -0.3 is 19.0 Å². The number of hydrogen-bond donors (Lipinski definition) is 0. The molecule has 1 saturated heterocycles. The lowest BCUT2D eigenvalue weighted by molar-refractivity contribution is 0.0491. The third kappa shape index (κ3) is 6.95. The standard InChI is InChI=1S/C38H39N3O5S/c1-4-45-38(43)36-28(3)32-26-31(18-19-35(32)46-36)47(44)41(21-20-29-10-6-5-7-11-29)34-13-9-8-12-33(34)39-22-24-40(25-23-39)37(42)30-16-14-27(2)15-17-30/h5-19,26H,4,20-25H2,1-3H3. The molecular weight excluding hydrogens is 611 g/mol. The van der Waals surface area contributed by atoms with E-state index in [1.54, 1.807) is 19.1 Å². The zero-order valence-electron chi connectivity index (χ0n) is 27.0. The number of anilines is 2. The SMILES string of the molecule is CCOC(=O)c1oc2ccc(S(=O)N(CCc3ccccc3)c3ccccc3N3CCN(C(=O)c4ccc(C)cc4)CC3)cc2c1C. The fraction of sp³-hybridized carbons (Fsp3) is 0.263. The molecule has 1 aromatic heterocycles. The van der Waals surface area contributed by atoms with Crippen LogP contribution in [0.15, 0.2) is 106 Å². The van der Waals surface area contributed by atoms with E-state index in [1.807, 2.05) is 89.8 Å². The third-order valence-corrected chi connectivity index (χ3v) is 10.0. The summed E-state index contributed by atoms with van der Waals surface area (Å²) in [6.45, 7) is 8.84. The van der Waals surface area contributed by atoms with E-state index in [1.165, 1.54) is 0 Å². The fourth-order valence-corrected chi connectivity index (χ4v) is 7.21. The second-order valence-electron chi connectivity index (χ2n) is 11.7. The number of carbonyl (C=O) groups is 2. The predicted molar refractivity (Wildman–Crippen MR) is 187 cm³/mol. The van der Waals surface area contributed by atoms with E-state index in [4.69, 9.17) is 9.15 Å². The summed E-state index contributed by atoms with van der Waals surface area (Å²) in [6.07, 6.45) is 0.694. The minimum Gasteiger partial charge on any atom is -0.460 e. The topological polar surface area (TPSA) is 83.3 Å². The number of hydrogen-bond acceptors (Lipinski definition) is 6. The molecule has 9 heteroatoms. The Morgan fingerprint density at radius 1 is 0.872 bits per heavy atom. The number of nitrogens with zero attached hydrogens (tertiary/aromatic N) is 3. The van der Waals surface area contributed by atoms with Gasteiger partial charge in [-0.15, -0.1) is 0 Å². The summed E-state index contributed by atoms with van der Waals surface area (Å²) >= 11 is 0. The van der Waals surface area contributed by atoms with Crippen LogP contribution in [0.4, 0.5) is 11.4 Å². The molecule has 1 atom stereocenters. The molecule has 0 saturated carbocycles. The summed E-state index contributed by atoms with van der Waals surface area (Å²) in [7, 11) is -1.59. The molecule has 1 fully saturated rings. The summed E-state index contributed by atoms with van der Waals surface area (Å²) in [5.74, 6) is -0.307. The summed E-state index contributed by atoms with van der Waals surface area (Å²) in [5.41, 5.74) is 6.00. The van der Waals surface area contributed by atoms with E-state index in [9.17, 15) is 13.8 Å². The second-order valence-corrected chi connectivity index (χ2v) is 13.1. The van der Waals surface area contributed by atoms with Gasteiger partial charge in [-0.1, -0.05) is 60.2 Å². The molecule has 47 heavy (non-hydrogen) atoms. The lowest BCUT2D eigenvalue weighted by Gasteiger charge is -2.38. The molecule has 1 unspecified atom stereocenters. The van der Waals surface area contributed by atoms with E-state index in [-0.39, 0.29) is 18.3 Å². The highest BCUT2D eigenvalue weighted by atomic mass is 32.2. The molecule has 5 aromatic rings. The van der Waals surface area contributed by atoms with Crippen molar-refractivity contribution in [2.24, 2.45) is 0 Å². The van der Waals surface area contributed by atoms with Gasteiger partial charge in [-0.2, -0.15) is 0 Å². The molecule has 2 heterocycles. The summed E-state index contributed by atoms with van der Waals surface area (Å²) in [4.78, 5) is 30.5. The number of benzene rings is 4. The number of furan rings is 1. The van der Waals surface area contributed by atoms with Crippen LogP contribution in [0.1, 0.15) is 44.5 Å². The van der Waals surface area contributed by atoms with Crippen molar-refractivity contribution in [1.29, 1.82) is 0 Å². The molecule has 4 aromatic carbocycles. The predicted octanol–water partition coefficient (Wildman–Crippen LogP) is 6.96.